The van der Waals surface area contributed by atoms with Crippen LogP contribution in [0, 0.1) is 11.3 Å². The monoisotopic (exact) mass is 340 g/mol. The smallest absolute Gasteiger partial charge is 0.291 e. The first-order valence-electron chi connectivity index (χ1n) is 8.39. The number of carbonyl (C=O) groups is 1. The van der Waals surface area contributed by atoms with Crippen LogP contribution in [0.1, 0.15) is 16.3 Å². The Kier molecular flexibility index (Phi) is 4.42. The molecule has 7 heteroatoms. The first kappa shape index (κ1) is 16.1. The van der Waals surface area contributed by atoms with Crippen molar-refractivity contribution < 1.29 is 14.3 Å². The molecule has 0 aromatic carbocycles. The Balaban J connectivity index is 1.41. The summed E-state index contributed by atoms with van der Waals surface area (Å²) in [5.41, 5.74) is 0.747. The lowest BCUT2D eigenvalue weighted by atomic mass is 9.82. The number of carbonyl (C=O) groups excluding carboxylic acids is 1. The largest absolute Gasteiger partial charge is 0.380 e. The Morgan fingerprint density at radius 3 is 2.88 bits per heavy atom. The molecule has 7 nitrogen and oxygen atoms in total. The van der Waals surface area contributed by atoms with Crippen LogP contribution < -0.4 is 0 Å². The number of amides is 1. The first-order valence-corrected chi connectivity index (χ1v) is 8.39. The minimum absolute atomic E-state index is 0.126. The van der Waals surface area contributed by atoms with Crippen LogP contribution in [0.2, 0.25) is 0 Å². The maximum absolute atomic E-state index is 12.6. The van der Waals surface area contributed by atoms with Gasteiger partial charge < -0.3 is 14.4 Å². The van der Waals surface area contributed by atoms with Crippen LogP contribution >= 0.6 is 0 Å². The molecule has 2 aliphatic rings. The van der Waals surface area contributed by atoms with Gasteiger partial charge in [-0.15, -0.1) is 0 Å². The van der Waals surface area contributed by atoms with Crippen LogP contribution in [-0.2, 0) is 16.1 Å². The van der Waals surface area contributed by atoms with Crippen LogP contribution in [0.15, 0.2) is 42.9 Å². The number of likely N-dealkylation sites (tertiary alicyclic amines) is 1. The molecule has 0 saturated carbocycles. The van der Waals surface area contributed by atoms with Gasteiger partial charge in [-0.3, -0.25) is 9.78 Å². The molecule has 2 aliphatic heterocycles. The molecule has 0 bridgehead atoms. The number of pyridine rings is 1. The summed E-state index contributed by atoms with van der Waals surface area (Å²) in [7, 11) is 0. The average molecular weight is 340 g/mol. The van der Waals surface area contributed by atoms with Crippen molar-refractivity contribution in [1.29, 1.82) is 0 Å². The highest BCUT2D eigenvalue weighted by Crippen LogP contribution is 2.42. The van der Waals surface area contributed by atoms with E-state index in [9.17, 15) is 4.79 Å². The molecule has 1 amide bonds. The van der Waals surface area contributed by atoms with Gasteiger partial charge in [0, 0.05) is 43.0 Å². The van der Waals surface area contributed by atoms with Gasteiger partial charge in [0.2, 0.25) is 5.82 Å². The molecular formula is C18H20N4O3. The second-order valence-corrected chi connectivity index (χ2v) is 6.65. The van der Waals surface area contributed by atoms with E-state index in [0.717, 1.165) is 5.69 Å². The summed E-state index contributed by atoms with van der Waals surface area (Å²) in [6, 6.07) is 7.48. The SMILES string of the molecule is O=C(c1ncccn1)N1C[C@@H]2COC[C@]2(COCc2ccccn2)C1. The van der Waals surface area contributed by atoms with Crippen molar-refractivity contribution in [3.05, 3.63) is 54.4 Å². The molecular weight excluding hydrogens is 320 g/mol. The van der Waals surface area contributed by atoms with Crippen molar-refractivity contribution in [3.63, 3.8) is 0 Å². The van der Waals surface area contributed by atoms with Gasteiger partial charge in [0.25, 0.3) is 5.91 Å². The lowest BCUT2D eigenvalue weighted by Gasteiger charge is -2.26. The summed E-state index contributed by atoms with van der Waals surface area (Å²) in [5.74, 6) is 0.399. The van der Waals surface area contributed by atoms with E-state index in [2.05, 4.69) is 15.0 Å². The van der Waals surface area contributed by atoms with Gasteiger partial charge >= 0.3 is 0 Å². The fourth-order valence-corrected chi connectivity index (χ4v) is 3.58. The van der Waals surface area contributed by atoms with Crippen molar-refractivity contribution in [1.82, 2.24) is 19.9 Å². The van der Waals surface area contributed by atoms with Gasteiger partial charge in [0.05, 0.1) is 32.1 Å². The van der Waals surface area contributed by atoms with E-state index >= 15 is 0 Å². The molecule has 130 valence electrons. The van der Waals surface area contributed by atoms with Gasteiger partial charge in [-0.25, -0.2) is 9.97 Å². The molecule has 4 heterocycles. The van der Waals surface area contributed by atoms with Gasteiger partial charge in [0.15, 0.2) is 0 Å². The molecule has 0 radical (unpaired) electrons. The Hall–Kier alpha value is -2.38. The molecule has 2 saturated heterocycles. The van der Waals surface area contributed by atoms with Crippen molar-refractivity contribution in [2.75, 3.05) is 32.9 Å². The Bertz CT molecular complexity index is 728. The number of ether oxygens (including phenoxy) is 2. The highest BCUT2D eigenvalue weighted by molar-refractivity contribution is 5.90. The Morgan fingerprint density at radius 2 is 2.08 bits per heavy atom. The quantitative estimate of drug-likeness (QED) is 0.813. The number of rotatable bonds is 5. The molecule has 4 rings (SSSR count). The molecule has 0 aliphatic carbocycles. The van der Waals surface area contributed by atoms with Crippen molar-refractivity contribution >= 4 is 5.91 Å². The molecule has 2 aromatic heterocycles. The third-order valence-electron chi connectivity index (χ3n) is 4.93. The zero-order valence-corrected chi connectivity index (χ0v) is 13.9. The Labute approximate surface area is 146 Å². The molecule has 0 spiro atoms. The first-order chi connectivity index (χ1) is 12.3. The molecule has 0 N–H and O–H groups in total. The van der Waals surface area contributed by atoms with Gasteiger partial charge in [-0.1, -0.05) is 6.07 Å². The minimum Gasteiger partial charge on any atom is -0.380 e. The highest BCUT2D eigenvalue weighted by atomic mass is 16.5. The van der Waals surface area contributed by atoms with Crippen LogP contribution in [0.25, 0.3) is 0 Å². The zero-order chi connectivity index (χ0) is 17.1. The topological polar surface area (TPSA) is 77.4 Å². The maximum Gasteiger partial charge on any atom is 0.291 e. The zero-order valence-electron chi connectivity index (χ0n) is 13.9. The number of nitrogens with zero attached hydrogens (tertiary/aromatic N) is 4. The fourth-order valence-electron chi connectivity index (χ4n) is 3.58. The summed E-state index contributed by atoms with van der Waals surface area (Å²) in [5, 5.41) is 0. The molecule has 25 heavy (non-hydrogen) atoms. The number of hydrogen-bond acceptors (Lipinski definition) is 6. The molecule has 0 unspecified atom stereocenters. The third-order valence-corrected chi connectivity index (χ3v) is 4.93. The maximum atomic E-state index is 12.6. The highest BCUT2D eigenvalue weighted by Gasteiger charge is 2.52. The number of aromatic nitrogens is 3. The molecule has 2 atom stereocenters. The van der Waals surface area contributed by atoms with E-state index in [1.54, 1.807) is 24.7 Å². The second-order valence-electron chi connectivity index (χ2n) is 6.65. The van der Waals surface area contributed by atoms with E-state index in [4.69, 9.17) is 9.47 Å². The predicted molar refractivity (Wildman–Crippen MR) is 88.6 cm³/mol. The lowest BCUT2D eigenvalue weighted by molar-refractivity contribution is 0.0174. The second kappa shape index (κ2) is 6.85. The summed E-state index contributed by atoms with van der Waals surface area (Å²) >= 11 is 0. The number of fused-ring (bicyclic) bond motifs is 1. The lowest BCUT2D eigenvalue weighted by Crippen LogP contribution is -2.37. The van der Waals surface area contributed by atoms with Crippen LogP contribution in [-0.4, -0.2) is 58.7 Å². The predicted octanol–water partition coefficient (Wildman–Crippen LogP) is 1.18. The van der Waals surface area contributed by atoms with Crippen LogP contribution in [0.5, 0.6) is 0 Å². The third kappa shape index (κ3) is 3.25. The summed E-state index contributed by atoms with van der Waals surface area (Å²) in [4.78, 5) is 26.9. The average Bonchev–Trinajstić information content (AvgIpc) is 3.20. The minimum atomic E-state index is -0.154. The van der Waals surface area contributed by atoms with Crippen molar-refractivity contribution in [3.8, 4) is 0 Å². The summed E-state index contributed by atoms with van der Waals surface area (Å²) in [6.07, 6.45) is 4.94. The fraction of sp³-hybridized carbons (Fsp3) is 0.444. The van der Waals surface area contributed by atoms with Gasteiger partial charge in [-0.2, -0.15) is 0 Å². The normalized spacial score (nSPS) is 25.1. The van der Waals surface area contributed by atoms with E-state index in [1.807, 2.05) is 23.1 Å². The van der Waals surface area contributed by atoms with Gasteiger partial charge in [0.1, 0.15) is 0 Å². The van der Waals surface area contributed by atoms with Gasteiger partial charge in [-0.05, 0) is 18.2 Å². The van der Waals surface area contributed by atoms with Crippen molar-refractivity contribution in [2.45, 2.75) is 6.61 Å². The van der Waals surface area contributed by atoms with E-state index in [1.165, 1.54) is 0 Å². The standard InChI is InChI=1S/C18H20N4O3/c23-17(16-20-6-3-7-21-16)22-8-14-9-24-12-18(14,11-22)13-25-10-15-4-1-2-5-19-15/h1-7,14H,8-13H2/t14-,18+/m1/s1. The molecule has 2 fully saturated rings. The summed E-state index contributed by atoms with van der Waals surface area (Å²) < 4.78 is 11.6. The van der Waals surface area contributed by atoms with E-state index < -0.39 is 0 Å². The van der Waals surface area contributed by atoms with E-state index in [0.29, 0.717) is 39.5 Å². The van der Waals surface area contributed by atoms with E-state index in [-0.39, 0.29) is 23.1 Å². The summed E-state index contributed by atoms with van der Waals surface area (Å²) in [6.45, 7) is 3.55. The van der Waals surface area contributed by atoms with Crippen LogP contribution in [0.4, 0.5) is 0 Å². The number of hydrogen-bond donors (Lipinski definition) is 0. The Morgan fingerprint density at radius 1 is 1.24 bits per heavy atom. The van der Waals surface area contributed by atoms with Crippen LogP contribution in [0.3, 0.4) is 0 Å². The van der Waals surface area contributed by atoms with Crippen molar-refractivity contribution in [2.24, 2.45) is 11.3 Å². The molecule has 2 aromatic rings.